The Morgan fingerprint density at radius 1 is 1.24 bits per heavy atom. The quantitative estimate of drug-likeness (QED) is 0.666. The number of benzene rings is 1. The summed E-state index contributed by atoms with van der Waals surface area (Å²) in [4.78, 5) is 24.7. The first kappa shape index (κ1) is 15.3. The van der Waals surface area contributed by atoms with Crippen LogP contribution in [0.15, 0.2) is 12.1 Å². The molecule has 1 N–H and O–H groups in total. The predicted molar refractivity (Wildman–Crippen MR) is 69.1 cm³/mol. The topological polar surface area (TPSA) is 49.4 Å². The van der Waals surface area contributed by atoms with Crippen LogP contribution in [0.25, 0.3) is 0 Å². The summed E-state index contributed by atoms with van der Waals surface area (Å²) < 4.78 is 38.8. The van der Waals surface area contributed by atoms with Crippen molar-refractivity contribution >= 4 is 11.8 Å². The minimum absolute atomic E-state index is 0.101. The summed E-state index contributed by atoms with van der Waals surface area (Å²) in [5.74, 6) is -4.98. The van der Waals surface area contributed by atoms with Gasteiger partial charge in [-0.25, -0.2) is 13.2 Å². The van der Waals surface area contributed by atoms with Crippen molar-refractivity contribution in [2.75, 3.05) is 19.6 Å². The molecule has 0 atom stereocenters. The number of rotatable bonds is 5. The molecular formula is C14H15F3N2O2. The molecule has 2 rings (SSSR count). The Labute approximate surface area is 119 Å². The molecule has 1 aliphatic heterocycles. The van der Waals surface area contributed by atoms with Crippen molar-refractivity contribution in [2.24, 2.45) is 0 Å². The normalized spacial score (nSPS) is 14.6. The van der Waals surface area contributed by atoms with E-state index in [4.69, 9.17) is 0 Å². The van der Waals surface area contributed by atoms with Crippen LogP contribution in [-0.2, 0) is 4.79 Å². The molecule has 0 aromatic heterocycles. The molecule has 21 heavy (non-hydrogen) atoms. The van der Waals surface area contributed by atoms with E-state index in [1.807, 2.05) is 0 Å². The van der Waals surface area contributed by atoms with Gasteiger partial charge in [-0.15, -0.1) is 0 Å². The van der Waals surface area contributed by atoms with Crippen LogP contribution in [0.4, 0.5) is 13.2 Å². The molecule has 114 valence electrons. The van der Waals surface area contributed by atoms with E-state index in [9.17, 15) is 22.8 Å². The van der Waals surface area contributed by atoms with Crippen molar-refractivity contribution in [1.29, 1.82) is 0 Å². The highest BCUT2D eigenvalue weighted by atomic mass is 19.2. The number of nitrogens with one attached hydrogen (secondary N) is 1. The molecule has 1 aromatic rings. The first-order chi connectivity index (χ1) is 9.99. The molecule has 1 fully saturated rings. The van der Waals surface area contributed by atoms with Crippen LogP contribution >= 0.6 is 0 Å². The summed E-state index contributed by atoms with van der Waals surface area (Å²) in [7, 11) is 0. The summed E-state index contributed by atoms with van der Waals surface area (Å²) in [6.07, 6.45) is 1.95. The van der Waals surface area contributed by atoms with Crippen LogP contribution in [0.2, 0.25) is 0 Å². The highest BCUT2D eigenvalue weighted by Crippen LogP contribution is 2.13. The SMILES string of the molecule is O=C(NCCCN1CCCC1=O)c1cc(F)c(F)c(F)c1. The first-order valence-electron chi connectivity index (χ1n) is 6.69. The third-order valence-electron chi connectivity index (χ3n) is 3.31. The van der Waals surface area contributed by atoms with Gasteiger partial charge in [-0.2, -0.15) is 0 Å². The van der Waals surface area contributed by atoms with E-state index in [0.29, 0.717) is 31.5 Å². The molecule has 0 bridgehead atoms. The molecule has 0 unspecified atom stereocenters. The molecule has 1 aliphatic rings. The Morgan fingerprint density at radius 3 is 2.48 bits per heavy atom. The predicted octanol–water partition coefficient (Wildman–Crippen LogP) is 1.85. The number of hydrogen-bond donors (Lipinski definition) is 1. The smallest absolute Gasteiger partial charge is 0.251 e. The average Bonchev–Trinajstić information content (AvgIpc) is 2.85. The Kier molecular flexibility index (Phi) is 4.82. The zero-order chi connectivity index (χ0) is 15.4. The molecule has 0 spiro atoms. The number of hydrogen-bond acceptors (Lipinski definition) is 2. The summed E-state index contributed by atoms with van der Waals surface area (Å²) in [6, 6.07) is 1.30. The Morgan fingerprint density at radius 2 is 1.90 bits per heavy atom. The van der Waals surface area contributed by atoms with Gasteiger partial charge < -0.3 is 10.2 Å². The summed E-state index contributed by atoms with van der Waals surface area (Å²) in [6.45, 7) is 1.52. The Hall–Kier alpha value is -2.05. The fourth-order valence-electron chi connectivity index (χ4n) is 2.20. The lowest BCUT2D eigenvalue weighted by atomic mass is 10.2. The fraction of sp³-hybridized carbons (Fsp3) is 0.429. The van der Waals surface area contributed by atoms with Crippen LogP contribution < -0.4 is 5.32 Å². The van der Waals surface area contributed by atoms with Gasteiger partial charge >= 0.3 is 0 Å². The maximum Gasteiger partial charge on any atom is 0.251 e. The lowest BCUT2D eigenvalue weighted by Gasteiger charge is -2.15. The number of nitrogens with zero attached hydrogens (tertiary/aromatic N) is 1. The third-order valence-corrected chi connectivity index (χ3v) is 3.31. The van der Waals surface area contributed by atoms with Gasteiger partial charge in [-0.05, 0) is 25.0 Å². The zero-order valence-corrected chi connectivity index (χ0v) is 11.3. The molecular weight excluding hydrogens is 285 g/mol. The van der Waals surface area contributed by atoms with E-state index >= 15 is 0 Å². The molecule has 1 heterocycles. The zero-order valence-electron chi connectivity index (χ0n) is 11.3. The van der Waals surface area contributed by atoms with Gasteiger partial charge in [0.2, 0.25) is 5.91 Å². The van der Waals surface area contributed by atoms with Crippen molar-refractivity contribution in [1.82, 2.24) is 10.2 Å². The second kappa shape index (κ2) is 6.60. The van der Waals surface area contributed by atoms with E-state index < -0.39 is 23.4 Å². The van der Waals surface area contributed by atoms with Crippen molar-refractivity contribution < 1.29 is 22.8 Å². The third kappa shape index (κ3) is 3.74. The summed E-state index contributed by atoms with van der Waals surface area (Å²) in [5, 5.41) is 2.48. The average molecular weight is 300 g/mol. The van der Waals surface area contributed by atoms with E-state index in [1.54, 1.807) is 4.90 Å². The Bertz CT molecular complexity index is 540. The van der Waals surface area contributed by atoms with Crippen molar-refractivity contribution in [3.63, 3.8) is 0 Å². The van der Waals surface area contributed by atoms with E-state index in [0.717, 1.165) is 13.0 Å². The maximum atomic E-state index is 13.0. The van der Waals surface area contributed by atoms with Gasteiger partial charge in [-0.1, -0.05) is 0 Å². The van der Waals surface area contributed by atoms with E-state index in [-0.39, 0.29) is 18.0 Å². The minimum Gasteiger partial charge on any atom is -0.352 e. The van der Waals surface area contributed by atoms with Crippen molar-refractivity contribution in [2.45, 2.75) is 19.3 Å². The number of halogens is 3. The number of amides is 2. The summed E-state index contributed by atoms with van der Waals surface area (Å²) >= 11 is 0. The van der Waals surface area contributed by atoms with Gasteiger partial charge in [0, 0.05) is 31.6 Å². The van der Waals surface area contributed by atoms with Gasteiger partial charge in [0.15, 0.2) is 17.5 Å². The van der Waals surface area contributed by atoms with Crippen LogP contribution in [0.3, 0.4) is 0 Å². The van der Waals surface area contributed by atoms with Gasteiger partial charge in [-0.3, -0.25) is 9.59 Å². The van der Waals surface area contributed by atoms with Gasteiger partial charge in [0.1, 0.15) is 0 Å². The molecule has 0 saturated carbocycles. The lowest BCUT2D eigenvalue weighted by molar-refractivity contribution is -0.127. The first-order valence-corrected chi connectivity index (χ1v) is 6.69. The fourth-order valence-corrected chi connectivity index (χ4v) is 2.20. The van der Waals surface area contributed by atoms with Crippen LogP contribution in [0.1, 0.15) is 29.6 Å². The number of carbonyl (C=O) groups is 2. The highest BCUT2D eigenvalue weighted by Gasteiger charge is 2.19. The van der Waals surface area contributed by atoms with Crippen LogP contribution in [0.5, 0.6) is 0 Å². The standard InChI is InChI=1S/C14H15F3N2O2/c15-10-7-9(8-11(16)13(10)17)14(21)18-4-2-6-19-5-1-3-12(19)20/h7-8H,1-6H2,(H,18,21). The minimum atomic E-state index is -1.60. The molecule has 4 nitrogen and oxygen atoms in total. The van der Waals surface area contributed by atoms with Crippen LogP contribution in [0, 0.1) is 17.5 Å². The molecule has 7 heteroatoms. The second-order valence-corrected chi connectivity index (χ2v) is 4.85. The Balaban J connectivity index is 1.81. The highest BCUT2D eigenvalue weighted by molar-refractivity contribution is 5.94. The summed E-state index contributed by atoms with van der Waals surface area (Å²) in [5.41, 5.74) is -0.274. The molecule has 1 aromatic carbocycles. The van der Waals surface area contributed by atoms with E-state index in [2.05, 4.69) is 5.32 Å². The molecule has 0 aliphatic carbocycles. The number of likely N-dealkylation sites (tertiary alicyclic amines) is 1. The molecule has 2 amide bonds. The van der Waals surface area contributed by atoms with Crippen LogP contribution in [-0.4, -0.2) is 36.3 Å². The largest absolute Gasteiger partial charge is 0.352 e. The maximum absolute atomic E-state index is 13.0. The van der Waals surface area contributed by atoms with Crippen molar-refractivity contribution in [3.05, 3.63) is 35.1 Å². The molecule has 1 saturated heterocycles. The lowest BCUT2D eigenvalue weighted by Crippen LogP contribution is -2.30. The monoisotopic (exact) mass is 300 g/mol. The second-order valence-electron chi connectivity index (χ2n) is 4.85. The van der Waals surface area contributed by atoms with Gasteiger partial charge in [0.25, 0.3) is 5.91 Å². The van der Waals surface area contributed by atoms with Crippen molar-refractivity contribution in [3.8, 4) is 0 Å². The van der Waals surface area contributed by atoms with Gasteiger partial charge in [0.05, 0.1) is 0 Å². The molecule has 0 radical (unpaired) electrons. The van der Waals surface area contributed by atoms with E-state index in [1.165, 1.54) is 0 Å². The number of carbonyl (C=O) groups excluding carboxylic acids is 2.